The molecule has 1 aliphatic heterocycles. The minimum Gasteiger partial charge on any atom is -0.493 e. The predicted octanol–water partition coefficient (Wildman–Crippen LogP) is 2.97. The second-order valence-electron chi connectivity index (χ2n) is 6.08. The third kappa shape index (κ3) is 3.66. The molecule has 7 nitrogen and oxygen atoms in total. The van der Waals surface area contributed by atoms with Gasteiger partial charge in [0.05, 0.1) is 19.2 Å². The van der Waals surface area contributed by atoms with E-state index in [4.69, 9.17) is 4.74 Å². The normalized spacial score (nSPS) is 15.6. The predicted molar refractivity (Wildman–Crippen MR) is 97.0 cm³/mol. The molecule has 0 radical (unpaired) electrons. The van der Waals surface area contributed by atoms with Crippen LogP contribution >= 0.6 is 0 Å². The van der Waals surface area contributed by atoms with Gasteiger partial charge >= 0.3 is 6.03 Å². The first-order valence-electron chi connectivity index (χ1n) is 8.49. The smallest absolute Gasteiger partial charge is 0.320 e. The Morgan fingerprint density at radius 2 is 2.04 bits per heavy atom. The van der Waals surface area contributed by atoms with Crippen molar-refractivity contribution in [2.45, 2.75) is 19.0 Å². The number of urea groups is 1. The Hall–Kier alpha value is -3.35. The third-order valence-electron chi connectivity index (χ3n) is 4.24. The molecule has 132 valence electrons. The molecule has 2 amide bonds. The van der Waals surface area contributed by atoms with Crippen LogP contribution in [0.25, 0.3) is 0 Å². The fraction of sp³-hybridized carbons (Fsp3) is 0.211. The molecule has 4 rings (SSSR count). The summed E-state index contributed by atoms with van der Waals surface area (Å²) in [7, 11) is 0. The number of fused-ring (bicyclic) bond motifs is 1. The van der Waals surface area contributed by atoms with Crippen molar-refractivity contribution in [2.24, 2.45) is 0 Å². The summed E-state index contributed by atoms with van der Waals surface area (Å²) in [5.41, 5.74) is 2.09. The lowest BCUT2D eigenvalue weighted by molar-refractivity contribution is 0.232. The standard InChI is InChI=1S/C19H19N5O2/c25-19(21-16-8-12-26-17-4-2-1-3-15(16)17)22-18-7-11-24(23-18)13-14-5-9-20-10-6-14/h1-7,9-11,16H,8,12-13H2,(H2,21,22,23,25). The zero-order chi connectivity index (χ0) is 17.8. The Kier molecular flexibility index (Phi) is 4.51. The van der Waals surface area contributed by atoms with Gasteiger partial charge < -0.3 is 10.1 Å². The van der Waals surface area contributed by atoms with Gasteiger partial charge in [-0.05, 0) is 23.8 Å². The van der Waals surface area contributed by atoms with E-state index in [1.807, 2.05) is 42.6 Å². The Balaban J connectivity index is 1.37. The van der Waals surface area contributed by atoms with Gasteiger partial charge in [-0.3, -0.25) is 15.0 Å². The monoisotopic (exact) mass is 349 g/mol. The summed E-state index contributed by atoms with van der Waals surface area (Å²) in [5, 5.41) is 10.2. The van der Waals surface area contributed by atoms with Crippen molar-refractivity contribution in [3.63, 3.8) is 0 Å². The summed E-state index contributed by atoms with van der Waals surface area (Å²) in [6.45, 7) is 1.21. The number of anilines is 1. The van der Waals surface area contributed by atoms with Gasteiger partial charge in [0.2, 0.25) is 0 Å². The quantitative estimate of drug-likeness (QED) is 0.759. The molecule has 3 aromatic rings. The largest absolute Gasteiger partial charge is 0.493 e. The molecular formula is C19H19N5O2. The number of amides is 2. The van der Waals surface area contributed by atoms with Crippen molar-refractivity contribution in [2.75, 3.05) is 11.9 Å². The molecule has 2 N–H and O–H groups in total. The van der Waals surface area contributed by atoms with Crippen molar-refractivity contribution in [1.82, 2.24) is 20.1 Å². The van der Waals surface area contributed by atoms with Crippen LogP contribution in [0.1, 0.15) is 23.6 Å². The minimum absolute atomic E-state index is 0.0705. The van der Waals surface area contributed by atoms with E-state index in [9.17, 15) is 4.79 Å². The van der Waals surface area contributed by atoms with Gasteiger partial charge in [-0.25, -0.2) is 4.79 Å². The Labute approximate surface area is 151 Å². The highest BCUT2D eigenvalue weighted by atomic mass is 16.5. The molecule has 0 bridgehead atoms. The molecule has 1 atom stereocenters. The summed E-state index contributed by atoms with van der Waals surface area (Å²) < 4.78 is 7.39. The lowest BCUT2D eigenvalue weighted by Crippen LogP contribution is -2.35. The number of hydrogen-bond donors (Lipinski definition) is 2. The topological polar surface area (TPSA) is 81.1 Å². The van der Waals surface area contributed by atoms with E-state index < -0.39 is 0 Å². The number of benzene rings is 1. The van der Waals surface area contributed by atoms with Crippen LogP contribution in [-0.2, 0) is 6.54 Å². The van der Waals surface area contributed by atoms with Gasteiger partial charge in [0.25, 0.3) is 0 Å². The second-order valence-corrected chi connectivity index (χ2v) is 6.08. The van der Waals surface area contributed by atoms with E-state index in [1.165, 1.54) is 0 Å². The highest BCUT2D eigenvalue weighted by Gasteiger charge is 2.22. The molecule has 0 aliphatic carbocycles. The number of pyridine rings is 1. The van der Waals surface area contributed by atoms with Gasteiger partial charge in [0, 0.05) is 36.6 Å². The molecule has 0 saturated heterocycles. The average molecular weight is 349 g/mol. The van der Waals surface area contributed by atoms with E-state index in [0.717, 1.165) is 23.3 Å². The molecule has 7 heteroatoms. The average Bonchev–Trinajstić information content (AvgIpc) is 3.09. The van der Waals surface area contributed by atoms with Crippen LogP contribution in [0.4, 0.5) is 10.6 Å². The third-order valence-corrected chi connectivity index (χ3v) is 4.24. The molecule has 0 fully saturated rings. The molecule has 0 spiro atoms. The maximum atomic E-state index is 12.3. The first-order valence-corrected chi connectivity index (χ1v) is 8.49. The highest BCUT2D eigenvalue weighted by Crippen LogP contribution is 2.31. The van der Waals surface area contributed by atoms with Crippen LogP contribution in [0.15, 0.2) is 61.1 Å². The van der Waals surface area contributed by atoms with E-state index in [1.54, 1.807) is 23.1 Å². The Morgan fingerprint density at radius 3 is 2.92 bits per heavy atom. The van der Waals surface area contributed by atoms with Gasteiger partial charge in [0.15, 0.2) is 5.82 Å². The Morgan fingerprint density at radius 1 is 1.19 bits per heavy atom. The van der Waals surface area contributed by atoms with Crippen LogP contribution in [-0.4, -0.2) is 27.4 Å². The first kappa shape index (κ1) is 16.1. The maximum Gasteiger partial charge on any atom is 0.320 e. The van der Waals surface area contributed by atoms with Crippen molar-refractivity contribution in [1.29, 1.82) is 0 Å². The van der Waals surface area contributed by atoms with Crippen molar-refractivity contribution in [3.05, 3.63) is 72.2 Å². The number of nitrogens with one attached hydrogen (secondary N) is 2. The van der Waals surface area contributed by atoms with Gasteiger partial charge in [-0.1, -0.05) is 18.2 Å². The number of aromatic nitrogens is 3. The fourth-order valence-electron chi connectivity index (χ4n) is 2.99. The fourth-order valence-corrected chi connectivity index (χ4v) is 2.99. The Bertz CT molecular complexity index is 894. The van der Waals surface area contributed by atoms with E-state index >= 15 is 0 Å². The summed E-state index contributed by atoms with van der Waals surface area (Å²) in [6.07, 6.45) is 6.06. The molecule has 1 aromatic carbocycles. The maximum absolute atomic E-state index is 12.3. The van der Waals surface area contributed by atoms with E-state index in [0.29, 0.717) is 19.0 Å². The minimum atomic E-state index is -0.277. The van der Waals surface area contributed by atoms with Gasteiger partial charge in [0.1, 0.15) is 5.75 Å². The number of ether oxygens (including phenoxy) is 1. The van der Waals surface area contributed by atoms with Crippen LogP contribution in [0.5, 0.6) is 5.75 Å². The van der Waals surface area contributed by atoms with Crippen LogP contribution in [0, 0.1) is 0 Å². The summed E-state index contributed by atoms with van der Waals surface area (Å²) in [6, 6.07) is 13.1. The summed E-state index contributed by atoms with van der Waals surface area (Å²) in [5.74, 6) is 1.34. The van der Waals surface area contributed by atoms with Gasteiger partial charge in [-0.2, -0.15) is 5.10 Å². The molecule has 1 unspecified atom stereocenters. The number of rotatable bonds is 4. The highest BCUT2D eigenvalue weighted by molar-refractivity contribution is 5.88. The number of carbonyl (C=O) groups excluding carboxylic acids is 1. The number of carbonyl (C=O) groups is 1. The lowest BCUT2D eigenvalue weighted by atomic mass is 10.0. The number of para-hydroxylation sites is 1. The second kappa shape index (κ2) is 7.26. The molecule has 0 saturated carbocycles. The molecular weight excluding hydrogens is 330 g/mol. The number of hydrogen-bond acceptors (Lipinski definition) is 4. The summed E-state index contributed by atoms with van der Waals surface area (Å²) in [4.78, 5) is 16.3. The van der Waals surface area contributed by atoms with Crippen molar-refractivity contribution >= 4 is 11.8 Å². The van der Waals surface area contributed by atoms with E-state index in [-0.39, 0.29) is 12.1 Å². The molecule has 3 heterocycles. The zero-order valence-electron chi connectivity index (χ0n) is 14.1. The van der Waals surface area contributed by atoms with Gasteiger partial charge in [-0.15, -0.1) is 0 Å². The first-order chi connectivity index (χ1) is 12.8. The molecule has 2 aromatic heterocycles. The van der Waals surface area contributed by atoms with Crippen LogP contribution in [0.3, 0.4) is 0 Å². The zero-order valence-corrected chi connectivity index (χ0v) is 14.1. The van der Waals surface area contributed by atoms with Crippen LogP contribution < -0.4 is 15.4 Å². The van der Waals surface area contributed by atoms with E-state index in [2.05, 4.69) is 20.7 Å². The van der Waals surface area contributed by atoms with Crippen molar-refractivity contribution in [3.8, 4) is 5.75 Å². The SMILES string of the molecule is O=C(Nc1ccn(Cc2ccncc2)n1)NC1CCOc2ccccc21. The van der Waals surface area contributed by atoms with Crippen molar-refractivity contribution < 1.29 is 9.53 Å². The van der Waals surface area contributed by atoms with Crippen LogP contribution in [0.2, 0.25) is 0 Å². The molecule has 1 aliphatic rings. The summed E-state index contributed by atoms with van der Waals surface area (Å²) >= 11 is 0. The lowest BCUT2D eigenvalue weighted by Gasteiger charge is -2.26. The molecule has 26 heavy (non-hydrogen) atoms. The number of nitrogens with zero attached hydrogens (tertiary/aromatic N) is 3.